The maximum atomic E-state index is 11.8. The molecule has 0 aliphatic heterocycles. The van der Waals surface area contributed by atoms with Crippen LogP contribution in [0.4, 0.5) is 13.2 Å². The summed E-state index contributed by atoms with van der Waals surface area (Å²) in [5, 5.41) is 2.57. The molecule has 0 radical (unpaired) electrons. The third-order valence-corrected chi connectivity index (χ3v) is 2.32. The number of nitrogens with two attached hydrogens (primary N) is 1. The fraction of sp³-hybridized carbons (Fsp3) is 0.909. The number of rotatable bonds is 8. The van der Waals surface area contributed by atoms with E-state index in [2.05, 4.69) is 5.32 Å². The van der Waals surface area contributed by atoms with Crippen molar-refractivity contribution < 1.29 is 18.0 Å². The molecule has 3 N–H and O–H groups in total. The van der Waals surface area contributed by atoms with E-state index in [4.69, 9.17) is 5.73 Å². The smallest absolute Gasteiger partial charge is 0.356 e. The Labute approximate surface area is 99.9 Å². The van der Waals surface area contributed by atoms with Gasteiger partial charge in [-0.25, -0.2) is 0 Å². The first kappa shape index (κ1) is 16.2. The van der Waals surface area contributed by atoms with Gasteiger partial charge < -0.3 is 11.1 Å². The van der Waals surface area contributed by atoms with Gasteiger partial charge in [0.25, 0.3) is 0 Å². The number of carbonyl (C=O) groups excluding carboxylic acids is 1. The number of alkyl halides is 3. The van der Waals surface area contributed by atoms with E-state index < -0.39 is 12.6 Å². The van der Waals surface area contributed by atoms with Gasteiger partial charge in [-0.3, -0.25) is 4.79 Å². The zero-order chi connectivity index (χ0) is 13.3. The zero-order valence-corrected chi connectivity index (χ0v) is 10.1. The summed E-state index contributed by atoms with van der Waals surface area (Å²) in [6.45, 7) is 2.27. The maximum Gasteiger partial charge on any atom is 0.389 e. The second-order valence-corrected chi connectivity index (χ2v) is 4.18. The minimum absolute atomic E-state index is 0.0464. The van der Waals surface area contributed by atoms with Gasteiger partial charge in [0, 0.05) is 25.4 Å². The van der Waals surface area contributed by atoms with E-state index in [9.17, 15) is 18.0 Å². The molecule has 0 aromatic rings. The molecule has 0 aliphatic rings. The van der Waals surface area contributed by atoms with Crippen molar-refractivity contribution >= 4 is 5.91 Å². The summed E-state index contributed by atoms with van der Waals surface area (Å²) in [6, 6.07) is -0.157. The van der Waals surface area contributed by atoms with Crippen LogP contribution in [0.3, 0.4) is 0 Å². The summed E-state index contributed by atoms with van der Waals surface area (Å²) < 4.78 is 35.4. The lowest BCUT2D eigenvalue weighted by Crippen LogP contribution is -2.32. The van der Waals surface area contributed by atoms with Crippen LogP contribution in [-0.2, 0) is 4.79 Å². The minimum atomic E-state index is -4.10. The molecule has 0 aromatic carbocycles. The van der Waals surface area contributed by atoms with Crippen LogP contribution in [0.2, 0.25) is 0 Å². The molecule has 0 aromatic heterocycles. The lowest BCUT2D eigenvalue weighted by molar-refractivity contribution is -0.135. The Hall–Kier alpha value is -0.780. The molecule has 0 bridgehead atoms. The predicted octanol–water partition coefficient (Wildman–Crippen LogP) is 2.35. The first-order valence-electron chi connectivity index (χ1n) is 5.94. The van der Waals surface area contributed by atoms with Crippen molar-refractivity contribution in [2.75, 3.05) is 6.54 Å². The van der Waals surface area contributed by atoms with Gasteiger partial charge in [0.05, 0.1) is 0 Å². The van der Waals surface area contributed by atoms with Gasteiger partial charge in [0.2, 0.25) is 5.91 Å². The van der Waals surface area contributed by atoms with E-state index in [1.54, 1.807) is 0 Å². The van der Waals surface area contributed by atoms with Crippen LogP contribution in [-0.4, -0.2) is 24.7 Å². The van der Waals surface area contributed by atoms with E-state index in [0.717, 1.165) is 12.8 Å². The third-order valence-electron chi connectivity index (χ3n) is 2.32. The van der Waals surface area contributed by atoms with E-state index in [-0.39, 0.29) is 31.3 Å². The second kappa shape index (κ2) is 8.33. The van der Waals surface area contributed by atoms with Crippen molar-refractivity contribution in [3.05, 3.63) is 0 Å². The van der Waals surface area contributed by atoms with Crippen LogP contribution in [0.25, 0.3) is 0 Å². The molecule has 17 heavy (non-hydrogen) atoms. The first-order valence-corrected chi connectivity index (χ1v) is 5.94. The monoisotopic (exact) mass is 254 g/mol. The number of amides is 1. The highest BCUT2D eigenvalue weighted by Gasteiger charge is 2.25. The average Bonchev–Trinajstić information content (AvgIpc) is 2.15. The Kier molecular flexibility index (Phi) is 7.95. The quantitative estimate of drug-likeness (QED) is 0.653. The van der Waals surface area contributed by atoms with Crippen LogP contribution < -0.4 is 11.1 Å². The van der Waals surface area contributed by atoms with Gasteiger partial charge in [-0.2, -0.15) is 13.2 Å². The average molecular weight is 254 g/mol. The standard InChI is InChI=1S/C11H21F3N2O/c1-2-5-9(15)8-10(17)16-7-4-3-6-11(12,13)14/h9H,2-8,15H2,1H3,(H,16,17). The van der Waals surface area contributed by atoms with Crippen molar-refractivity contribution in [2.45, 2.75) is 57.7 Å². The molecule has 102 valence electrons. The van der Waals surface area contributed by atoms with Crippen LogP contribution in [0.5, 0.6) is 0 Å². The molecule has 0 heterocycles. The summed E-state index contributed by atoms with van der Waals surface area (Å²) >= 11 is 0. The second-order valence-electron chi connectivity index (χ2n) is 4.18. The van der Waals surface area contributed by atoms with E-state index in [1.165, 1.54) is 0 Å². The lowest BCUT2D eigenvalue weighted by Gasteiger charge is -2.10. The number of hydrogen-bond acceptors (Lipinski definition) is 2. The van der Waals surface area contributed by atoms with Crippen LogP contribution in [0, 0.1) is 0 Å². The van der Waals surface area contributed by atoms with Crippen molar-refractivity contribution in [3.63, 3.8) is 0 Å². The molecule has 1 unspecified atom stereocenters. The number of nitrogens with one attached hydrogen (secondary N) is 1. The Bertz CT molecular complexity index is 219. The molecule has 0 spiro atoms. The Morgan fingerprint density at radius 3 is 2.53 bits per heavy atom. The minimum Gasteiger partial charge on any atom is -0.356 e. The fourth-order valence-electron chi connectivity index (χ4n) is 1.46. The van der Waals surface area contributed by atoms with Gasteiger partial charge in [-0.1, -0.05) is 13.3 Å². The van der Waals surface area contributed by atoms with Crippen molar-refractivity contribution in [3.8, 4) is 0 Å². The summed E-state index contributed by atoms with van der Waals surface area (Å²) in [4.78, 5) is 11.3. The topological polar surface area (TPSA) is 55.1 Å². The fourth-order valence-corrected chi connectivity index (χ4v) is 1.46. The van der Waals surface area contributed by atoms with Gasteiger partial charge in [0.15, 0.2) is 0 Å². The van der Waals surface area contributed by atoms with E-state index in [0.29, 0.717) is 6.42 Å². The maximum absolute atomic E-state index is 11.8. The Balaban J connectivity index is 3.46. The number of halogens is 3. The molecule has 1 amide bonds. The SMILES string of the molecule is CCCC(N)CC(=O)NCCCCC(F)(F)F. The molecular formula is C11H21F3N2O. The molecule has 0 saturated heterocycles. The van der Waals surface area contributed by atoms with Crippen molar-refractivity contribution in [2.24, 2.45) is 5.73 Å². The van der Waals surface area contributed by atoms with Crippen molar-refractivity contribution in [1.82, 2.24) is 5.32 Å². The van der Waals surface area contributed by atoms with Gasteiger partial charge in [-0.15, -0.1) is 0 Å². The van der Waals surface area contributed by atoms with E-state index in [1.807, 2.05) is 6.92 Å². The highest BCUT2D eigenvalue weighted by atomic mass is 19.4. The number of carbonyl (C=O) groups is 1. The van der Waals surface area contributed by atoms with Crippen LogP contribution >= 0.6 is 0 Å². The molecule has 0 rings (SSSR count). The lowest BCUT2D eigenvalue weighted by atomic mass is 10.1. The first-order chi connectivity index (χ1) is 7.85. The summed E-state index contributed by atoms with van der Waals surface area (Å²) in [5.41, 5.74) is 5.66. The van der Waals surface area contributed by atoms with Crippen LogP contribution in [0.1, 0.15) is 45.4 Å². The summed E-state index contributed by atoms with van der Waals surface area (Å²) in [5.74, 6) is -0.182. The summed E-state index contributed by atoms with van der Waals surface area (Å²) in [7, 11) is 0. The highest BCUT2D eigenvalue weighted by Crippen LogP contribution is 2.21. The molecule has 1 atom stereocenters. The van der Waals surface area contributed by atoms with E-state index >= 15 is 0 Å². The van der Waals surface area contributed by atoms with Crippen molar-refractivity contribution in [1.29, 1.82) is 0 Å². The number of unbranched alkanes of at least 4 members (excludes halogenated alkanes) is 1. The zero-order valence-electron chi connectivity index (χ0n) is 10.1. The molecule has 0 saturated carbocycles. The largest absolute Gasteiger partial charge is 0.389 e. The van der Waals surface area contributed by atoms with Gasteiger partial charge in [-0.05, 0) is 19.3 Å². The van der Waals surface area contributed by atoms with Crippen LogP contribution in [0.15, 0.2) is 0 Å². The van der Waals surface area contributed by atoms with Gasteiger partial charge in [0.1, 0.15) is 0 Å². The highest BCUT2D eigenvalue weighted by molar-refractivity contribution is 5.76. The predicted molar refractivity (Wildman–Crippen MR) is 60.4 cm³/mol. The molecule has 0 fully saturated rings. The molecule has 6 heteroatoms. The molecule has 3 nitrogen and oxygen atoms in total. The normalized spacial score (nSPS) is 13.5. The Morgan fingerprint density at radius 2 is 2.00 bits per heavy atom. The Morgan fingerprint density at radius 1 is 1.35 bits per heavy atom. The molecular weight excluding hydrogens is 233 g/mol. The third kappa shape index (κ3) is 11.5. The number of hydrogen-bond donors (Lipinski definition) is 2. The molecule has 0 aliphatic carbocycles. The summed E-state index contributed by atoms with van der Waals surface area (Å²) in [6.07, 6.45) is -2.57. The van der Waals surface area contributed by atoms with Gasteiger partial charge >= 0.3 is 6.18 Å².